The van der Waals surface area contributed by atoms with E-state index in [1.165, 1.54) is 29.5 Å². The van der Waals surface area contributed by atoms with Gasteiger partial charge in [0.1, 0.15) is 6.61 Å². The molecule has 1 aromatic heterocycles. The van der Waals surface area contributed by atoms with Crippen LogP contribution in [0.25, 0.3) is 10.2 Å². The van der Waals surface area contributed by atoms with Crippen LogP contribution in [0.5, 0.6) is 0 Å². The van der Waals surface area contributed by atoms with Crippen LogP contribution in [-0.4, -0.2) is 74.1 Å². The number of alkyl halides is 3. The van der Waals surface area contributed by atoms with Crippen LogP contribution in [0.4, 0.5) is 24.0 Å². The number of sulfonamides is 1. The van der Waals surface area contributed by atoms with E-state index in [0.717, 1.165) is 24.3 Å². The van der Waals surface area contributed by atoms with Crippen LogP contribution >= 0.6 is 11.3 Å². The highest BCUT2D eigenvalue weighted by atomic mass is 32.2. The Balaban J connectivity index is 1.05. The molecule has 1 N–H and O–H groups in total. The number of ether oxygens (including phenoxy) is 1. The predicted octanol–water partition coefficient (Wildman–Crippen LogP) is 4.18. The van der Waals surface area contributed by atoms with Gasteiger partial charge in [-0.2, -0.15) is 13.2 Å². The molecule has 0 unspecified atom stereocenters. The number of thiazole rings is 1. The summed E-state index contributed by atoms with van der Waals surface area (Å²) in [5.41, 5.74) is -0.632. The Hall–Kier alpha value is -3.34. The molecule has 1 aliphatic heterocycles. The molecule has 16 heteroatoms. The van der Waals surface area contributed by atoms with Crippen molar-refractivity contribution in [3.8, 4) is 0 Å². The summed E-state index contributed by atoms with van der Waals surface area (Å²) in [6.07, 6.45) is -2.42. The van der Waals surface area contributed by atoms with E-state index in [0.29, 0.717) is 67.2 Å². The summed E-state index contributed by atoms with van der Waals surface area (Å²) in [4.78, 5) is 30.9. The highest BCUT2D eigenvalue weighted by molar-refractivity contribution is 7.89. The molecule has 11 nitrogen and oxygen atoms in total. The molecule has 2 fully saturated rings. The molecule has 2 aliphatic rings. The van der Waals surface area contributed by atoms with Crippen LogP contribution in [0, 0.1) is 10.1 Å². The summed E-state index contributed by atoms with van der Waals surface area (Å²) in [5.74, 6) is -0.158. The lowest BCUT2D eigenvalue weighted by atomic mass is 9.94. The molecule has 226 valence electrons. The fourth-order valence-corrected chi connectivity index (χ4v) is 7.34. The lowest BCUT2D eigenvalue weighted by Crippen LogP contribution is -2.50. The Morgan fingerprint density at radius 1 is 1.07 bits per heavy atom. The number of nitrogens with one attached hydrogen (secondary N) is 1. The third-order valence-electron chi connectivity index (χ3n) is 7.40. The van der Waals surface area contributed by atoms with Gasteiger partial charge in [0.15, 0.2) is 5.13 Å². The van der Waals surface area contributed by atoms with Gasteiger partial charge in [-0.3, -0.25) is 14.9 Å². The minimum atomic E-state index is -4.43. The van der Waals surface area contributed by atoms with Gasteiger partial charge in [0, 0.05) is 44.4 Å². The molecule has 0 radical (unpaired) electrons. The second-order valence-electron chi connectivity index (χ2n) is 10.2. The number of anilines is 1. The molecule has 1 saturated carbocycles. The van der Waals surface area contributed by atoms with Gasteiger partial charge in [-0.1, -0.05) is 11.3 Å². The first-order valence-electron chi connectivity index (χ1n) is 13.3. The minimum absolute atomic E-state index is 0.0455. The van der Waals surface area contributed by atoms with Gasteiger partial charge in [0.05, 0.1) is 31.7 Å². The van der Waals surface area contributed by atoms with Crippen molar-refractivity contribution in [3.05, 3.63) is 58.1 Å². The Kier molecular flexibility index (Phi) is 8.68. The molecule has 0 atom stereocenters. The fourth-order valence-electron chi connectivity index (χ4n) is 5.04. The number of hydrogen-bond acceptors (Lipinski definition) is 9. The van der Waals surface area contributed by atoms with Crippen molar-refractivity contribution in [3.63, 3.8) is 0 Å². The third-order valence-corrected chi connectivity index (χ3v) is 10.0. The number of carbonyl (C=O) groups is 1. The monoisotopic (exact) mass is 627 g/mol. The van der Waals surface area contributed by atoms with E-state index in [1.54, 1.807) is 4.90 Å². The molecule has 1 amide bonds. The van der Waals surface area contributed by atoms with E-state index in [2.05, 4.69) is 9.71 Å². The number of rotatable bonds is 8. The number of fused-ring (bicyclic) bond motifs is 1. The Labute approximate surface area is 243 Å². The minimum Gasteiger partial charge on any atom is -0.368 e. The first-order valence-corrected chi connectivity index (χ1v) is 15.6. The molecule has 0 spiro atoms. The molecule has 42 heavy (non-hydrogen) atoms. The summed E-state index contributed by atoms with van der Waals surface area (Å²) in [6, 6.07) is 7.91. The maximum absolute atomic E-state index is 13.0. The van der Waals surface area contributed by atoms with E-state index >= 15 is 0 Å². The average molecular weight is 628 g/mol. The van der Waals surface area contributed by atoms with E-state index < -0.39 is 26.7 Å². The van der Waals surface area contributed by atoms with Gasteiger partial charge in [-0.15, -0.1) is 0 Å². The van der Waals surface area contributed by atoms with Crippen LogP contribution in [-0.2, 0) is 25.7 Å². The van der Waals surface area contributed by atoms with Crippen molar-refractivity contribution < 1.29 is 36.0 Å². The van der Waals surface area contributed by atoms with Gasteiger partial charge in [0.2, 0.25) is 15.9 Å². The number of piperazine rings is 1. The number of nitro groups is 1. The van der Waals surface area contributed by atoms with Gasteiger partial charge in [-0.05, 0) is 56.0 Å². The largest absolute Gasteiger partial charge is 0.416 e. The number of halogens is 3. The van der Waals surface area contributed by atoms with Crippen LogP contribution in [0.3, 0.4) is 0 Å². The molecule has 3 aromatic rings. The van der Waals surface area contributed by atoms with E-state index in [9.17, 15) is 36.5 Å². The fraction of sp³-hybridized carbons (Fsp3) is 0.462. The number of non-ortho nitro benzene ring substituents is 1. The normalized spacial score (nSPS) is 20.2. The second kappa shape index (κ2) is 12.1. The van der Waals surface area contributed by atoms with Gasteiger partial charge >= 0.3 is 6.18 Å². The molecular weight excluding hydrogens is 599 g/mol. The smallest absolute Gasteiger partial charge is 0.368 e. The summed E-state index contributed by atoms with van der Waals surface area (Å²) in [6.45, 7) is 1.77. The number of amides is 1. The van der Waals surface area contributed by atoms with Crippen molar-refractivity contribution in [1.82, 2.24) is 14.6 Å². The topological polar surface area (TPSA) is 135 Å². The lowest BCUT2D eigenvalue weighted by Gasteiger charge is -2.35. The Morgan fingerprint density at radius 3 is 2.36 bits per heavy atom. The lowest BCUT2D eigenvalue weighted by molar-refractivity contribution is -0.384. The first-order chi connectivity index (χ1) is 19.9. The maximum atomic E-state index is 13.0. The number of carbonyl (C=O) groups excluding carboxylic acids is 1. The average Bonchev–Trinajstić information content (AvgIpc) is 3.40. The quantitative estimate of drug-likeness (QED) is 0.290. The number of benzene rings is 2. The zero-order chi connectivity index (χ0) is 30.1. The molecule has 0 bridgehead atoms. The Morgan fingerprint density at radius 2 is 1.74 bits per heavy atom. The van der Waals surface area contributed by atoms with Crippen molar-refractivity contribution >= 4 is 48.3 Å². The summed E-state index contributed by atoms with van der Waals surface area (Å²) in [5, 5.41) is 11.4. The summed E-state index contributed by atoms with van der Waals surface area (Å²) in [7, 11) is -3.83. The molecule has 2 aromatic carbocycles. The molecule has 1 aliphatic carbocycles. The highest BCUT2D eigenvalue weighted by Gasteiger charge is 2.32. The molecule has 5 rings (SSSR count). The van der Waals surface area contributed by atoms with Crippen molar-refractivity contribution in [2.75, 3.05) is 37.7 Å². The van der Waals surface area contributed by atoms with Crippen LogP contribution < -0.4 is 9.62 Å². The zero-order valence-electron chi connectivity index (χ0n) is 22.2. The van der Waals surface area contributed by atoms with Gasteiger partial charge < -0.3 is 14.5 Å². The standard InChI is InChI=1S/C26H28F3N5O6S2/c27-26(28,29)17-1-10-23-22(15-17)30-25(41-23)33-13-11-32(12-14-33)24(35)16-40-20-6-2-18(3-7-20)31-42(38,39)21-8-4-19(5-9-21)34(36)37/h1,4-5,8-10,15,18,20,31H,2-3,6-7,11-14,16H2/t18-,20-. The second-order valence-corrected chi connectivity index (χ2v) is 12.9. The predicted molar refractivity (Wildman–Crippen MR) is 149 cm³/mol. The number of nitro benzene ring substituents is 1. The van der Waals surface area contributed by atoms with Gasteiger partial charge in [0.25, 0.3) is 5.69 Å². The molecule has 1 saturated heterocycles. The van der Waals surface area contributed by atoms with Crippen LogP contribution in [0.1, 0.15) is 31.2 Å². The number of hydrogen-bond donors (Lipinski definition) is 1. The highest BCUT2D eigenvalue weighted by Crippen LogP contribution is 2.35. The number of nitrogens with zero attached hydrogens (tertiary/aromatic N) is 4. The Bertz CT molecular complexity index is 1550. The van der Waals surface area contributed by atoms with Crippen LogP contribution in [0.15, 0.2) is 47.4 Å². The first kappa shape index (κ1) is 30.1. The SMILES string of the molecule is O=C(CO[C@H]1CC[C@H](NS(=O)(=O)c2ccc([N+](=O)[O-])cc2)CC1)N1CCN(c2nc3cc(C(F)(F)F)ccc3s2)CC1. The van der Waals surface area contributed by atoms with E-state index in [-0.39, 0.29) is 35.2 Å². The maximum Gasteiger partial charge on any atom is 0.416 e. The van der Waals surface area contributed by atoms with Gasteiger partial charge in [-0.25, -0.2) is 18.1 Å². The van der Waals surface area contributed by atoms with Crippen molar-refractivity contribution in [2.24, 2.45) is 0 Å². The molecule has 2 heterocycles. The van der Waals surface area contributed by atoms with Crippen molar-refractivity contribution in [2.45, 2.75) is 48.9 Å². The van der Waals surface area contributed by atoms with Crippen LogP contribution in [0.2, 0.25) is 0 Å². The third kappa shape index (κ3) is 6.99. The van der Waals surface area contributed by atoms with E-state index in [4.69, 9.17) is 4.74 Å². The zero-order valence-corrected chi connectivity index (χ0v) is 23.9. The van der Waals surface area contributed by atoms with E-state index in [1.807, 2.05) is 4.90 Å². The molecular formula is C26H28F3N5O6S2. The summed E-state index contributed by atoms with van der Waals surface area (Å²) < 4.78 is 73.5. The van der Waals surface area contributed by atoms with Crippen molar-refractivity contribution in [1.29, 1.82) is 0 Å². The number of aromatic nitrogens is 1. The summed E-state index contributed by atoms with van der Waals surface area (Å²) >= 11 is 1.32.